The molecular weight excluding hydrogens is 198 g/mol. The van der Waals surface area contributed by atoms with E-state index in [0.717, 1.165) is 18.0 Å². The molecule has 0 bridgehead atoms. The molecule has 1 saturated heterocycles. The van der Waals surface area contributed by atoms with Gasteiger partial charge in [-0.25, -0.2) is 0 Å². The Bertz CT molecular complexity index is 330. The van der Waals surface area contributed by atoms with Crippen LogP contribution in [0.4, 0.5) is 5.69 Å². The van der Waals surface area contributed by atoms with E-state index in [1.165, 1.54) is 0 Å². The largest absolute Gasteiger partial charge is 0.310 e. The number of amides is 1. The Morgan fingerprint density at radius 3 is 3.00 bits per heavy atom. The summed E-state index contributed by atoms with van der Waals surface area (Å²) in [4.78, 5) is 13.3. The fraction of sp³-hybridized carbons (Fsp3) is 0.444. The summed E-state index contributed by atoms with van der Waals surface area (Å²) in [5.74, 6) is 1.26. The summed E-state index contributed by atoms with van der Waals surface area (Å²) < 4.78 is 0. The molecule has 1 aliphatic heterocycles. The summed E-state index contributed by atoms with van der Waals surface area (Å²) in [6.07, 6.45) is 3.79. The van der Waals surface area contributed by atoms with Crippen molar-refractivity contribution in [3.05, 3.63) is 18.5 Å². The predicted octanol–water partition coefficient (Wildman–Crippen LogP) is 0.759. The number of carbonyl (C=O) groups is 1. The monoisotopic (exact) mass is 209 g/mol. The first kappa shape index (κ1) is 9.45. The van der Waals surface area contributed by atoms with Gasteiger partial charge >= 0.3 is 0 Å². The number of hydrogen-bond acceptors (Lipinski definition) is 4. The number of anilines is 1. The fourth-order valence-corrected chi connectivity index (χ4v) is 1.84. The molecule has 0 N–H and O–H groups in total. The average molecular weight is 209 g/mol. The molecule has 2 rings (SSSR count). The van der Waals surface area contributed by atoms with Gasteiger partial charge in [-0.05, 0) is 17.7 Å². The highest BCUT2D eigenvalue weighted by Crippen LogP contribution is 2.24. The number of rotatable bonds is 2. The summed E-state index contributed by atoms with van der Waals surface area (Å²) >= 11 is 4.20. The van der Waals surface area contributed by atoms with Gasteiger partial charge in [-0.3, -0.25) is 4.79 Å². The number of aromatic nitrogens is 2. The standard InChI is InChI=1S/C9H11N3OS/c13-9-3-7(6-14)5-12(9)8-1-2-10-11-4-8/h1-2,4,7,14H,3,5-6H2. The average Bonchev–Trinajstić information content (AvgIpc) is 2.61. The highest BCUT2D eigenvalue weighted by molar-refractivity contribution is 7.80. The van der Waals surface area contributed by atoms with Crippen LogP contribution in [0.5, 0.6) is 0 Å². The Balaban J connectivity index is 2.17. The minimum absolute atomic E-state index is 0.150. The van der Waals surface area contributed by atoms with Gasteiger partial charge < -0.3 is 4.90 Å². The third kappa shape index (κ3) is 1.72. The minimum atomic E-state index is 0.150. The van der Waals surface area contributed by atoms with E-state index in [9.17, 15) is 4.79 Å². The first-order valence-corrected chi connectivity index (χ1v) is 5.12. The molecular formula is C9H11N3OS. The summed E-state index contributed by atoms with van der Waals surface area (Å²) in [5.41, 5.74) is 0.828. The van der Waals surface area contributed by atoms with Gasteiger partial charge in [0.05, 0.1) is 18.1 Å². The zero-order valence-corrected chi connectivity index (χ0v) is 8.52. The first-order chi connectivity index (χ1) is 6.81. The predicted molar refractivity (Wildman–Crippen MR) is 56.3 cm³/mol. The van der Waals surface area contributed by atoms with Crippen molar-refractivity contribution in [1.29, 1.82) is 0 Å². The van der Waals surface area contributed by atoms with Gasteiger partial charge in [0.2, 0.25) is 5.91 Å². The molecule has 0 aromatic carbocycles. The van der Waals surface area contributed by atoms with Gasteiger partial charge in [0.1, 0.15) is 0 Å². The van der Waals surface area contributed by atoms with Crippen molar-refractivity contribution in [1.82, 2.24) is 10.2 Å². The van der Waals surface area contributed by atoms with E-state index in [1.54, 1.807) is 23.4 Å². The van der Waals surface area contributed by atoms with Gasteiger partial charge in [0.15, 0.2) is 0 Å². The number of carbonyl (C=O) groups excluding carboxylic acids is 1. The van der Waals surface area contributed by atoms with E-state index in [2.05, 4.69) is 22.8 Å². The van der Waals surface area contributed by atoms with E-state index < -0.39 is 0 Å². The van der Waals surface area contributed by atoms with Crippen LogP contribution in [0.1, 0.15) is 6.42 Å². The molecule has 2 heterocycles. The van der Waals surface area contributed by atoms with E-state index in [0.29, 0.717) is 12.3 Å². The number of thiol groups is 1. The van der Waals surface area contributed by atoms with Gasteiger partial charge in [-0.15, -0.1) is 0 Å². The van der Waals surface area contributed by atoms with Crippen LogP contribution in [0.3, 0.4) is 0 Å². The van der Waals surface area contributed by atoms with E-state index in [4.69, 9.17) is 0 Å². The molecule has 74 valence electrons. The van der Waals surface area contributed by atoms with Gasteiger partial charge in [0, 0.05) is 13.0 Å². The second-order valence-corrected chi connectivity index (χ2v) is 3.72. The Kier molecular flexibility index (Phi) is 2.67. The summed E-state index contributed by atoms with van der Waals surface area (Å²) in [6, 6.07) is 1.80. The lowest BCUT2D eigenvalue weighted by atomic mass is 10.1. The molecule has 1 aliphatic rings. The third-order valence-corrected chi connectivity index (χ3v) is 2.86. The summed E-state index contributed by atoms with van der Waals surface area (Å²) in [7, 11) is 0. The molecule has 1 fully saturated rings. The lowest BCUT2D eigenvalue weighted by Crippen LogP contribution is -2.24. The van der Waals surface area contributed by atoms with Gasteiger partial charge in [-0.2, -0.15) is 22.8 Å². The molecule has 4 nitrogen and oxygen atoms in total. The molecule has 1 unspecified atom stereocenters. The molecule has 14 heavy (non-hydrogen) atoms. The molecule has 1 aromatic rings. The molecule has 5 heteroatoms. The first-order valence-electron chi connectivity index (χ1n) is 4.49. The van der Waals surface area contributed by atoms with Crippen LogP contribution in [-0.4, -0.2) is 28.4 Å². The SMILES string of the molecule is O=C1CC(CS)CN1c1ccnnc1. The smallest absolute Gasteiger partial charge is 0.227 e. The van der Waals surface area contributed by atoms with Crippen LogP contribution >= 0.6 is 12.6 Å². The van der Waals surface area contributed by atoms with Crippen LogP contribution in [0.2, 0.25) is 0 Å². The van der Waals surface area contributed by atoms with Crippen LogP contribution in [0.15, 0.2) is 18.5 Å². The van der Waals surface area contributed by atoms with E-state index >= 15 is 0 Å². The Labute approximate surface area is 87.7 Å². The fourth-order valence-electron chi connectivity index (χ4n) is 1.60. The van der Waals surface area contributed by atoms with Crippen LogP contribution < -0.4 is 4.90 Å². The summed E-state index contributed by atoms with van der Waals surface area (Å²) in [5, 5.41) is 7.43. The highest BCUT2D eigenvalue weighted by atomic mass is 32.1. The van der Waals surface area contributed by atoms with Crippen LogP contribution in [-0.2, 0) is 4.79 Å². The molecule has 0 spiro atoms. The Morgan fingerprint density at radius 1 is 1.57 bits per heavy atom. The van der Waals surface area contributed by atoms with E-state index in [-0.39, 0.29) is 5.91 Å². The second kappa shape index (κ2) is 3.96. The molecule has 1 atom stereocenters. The number of hydrogen-bond donors (Lipinski definition) is 1. The Morgan fingerprint density at radius 2 is 2.43 bits per heavy atom. The van der Waals surface area contributed by atoms with Crippen molar-refractivity contribution in [2.75, 3.05) is 17.2 Å². The van der Waals surface area contributed by atoms with Crippen molar-refractivity contribution in [2.45, 2.75) is 6.42 Å². The topological polar surface area (TPSA) is 46.1 Å². The lowest BCUT2D eigenvalue weighted by Gasteiger charge is -2.14. The quantitative estimate of drug-likeness (QED) is 0.731. The Hall–Kier alpha value is -1.10. The summed E-state index contributed by atoms with van der Waals surface area (Å²) in [6.45, 7) is 0.744. The maximum atomic E-state index is 11.6. The van der Waals surface area contributed by atoms with E-state index in [1.807, 2.05) is 0 Å². The van der Waals surface area contributed by atoms with Crippen molar-refractivity contribution in [3.63, 3.8) is 0 Å². The highest BCUT2D eigenvalue weighted by Gasteiger charge is 2.29. The van der Waals surface area contributed by atoms with Crippen LogP contribution in [0, 0.1) is 5.92 Å². The van der Waals surface area contributed by atoms with Crippen LogP contribution in [0.25, 0.3) is 0 Å². The lowest BCUT2D eigenvalue weighted by molar-refractivity contribution is -0.117. The maximum Gasteiger partial charge on any atom is 0.227 e. The molecule has 0 saturated carbocycles. The van der Waals surface area contributed by atoms with Gasteiger partial charge in [0.25, 0.3) is 0 Å². The molecule has 1 aromatic heterocycles. The van der Waals surface area contributed by atoms with Gasteiger partial charge in [-0.1, -0.05) is 0 Å². The molecule has 0 aliphatic carbocycles. The zero-order valence-electron chi connectivity index (χ0n) is 7.63. The number of nitrogens with zero attached hydrogens (tertiary/aromatic N) is 3. The molecule has 0 radical (unpaired) electrons. The second-order valence-electron chi connectivity index (χ2n) is 3.36. The minimum Gasteiger partial charge on any atom is -0.310 e. The third-order valence-electron chi connectivity index (χ3n) is 2.34. The molecule has 1 amide bonds. The van der Waals surface area contributed by atoms with Crippen molar-refractivity contribution in [3.8, 4) is 0 Å². The van der Waals surface area contributed by atoms with Crippen molar-refractivity contribution in [2.24, 2.45) is 5.92 Å². The van der Waals surface area contributed by atoms with Crippen molar-refractivity contribution < 1.29 is 4.79 Å². The van der Waals surface area contributed by atoms with Crippen molar-refractivity contribution >= 4 is 24.2 Å². The maximum absolute atomic E-state index is 11.6. The zero-order chi connectivity index (χ0) is 9.97. The normalized spacial score (nSPS) is 21.6.